The molecule has 0 aliphatic heterocycles. The number of hydrogen-bond acceptors (Lipinski definition) is 7. The Hall–Kier alpha value is -2.18. The highest BCUT2D eigenvalue weighted by molar-refractivity contribution is 5.56. The highest BCUT2D eigenvalue weighted by Gasteiger charge is 2.06. The van der Waals surface area contributed by atoms with Crippen LogP contribution in [0.3, 0.4) is 0 Å². The second-order valence-corrected chi connectivity index (χ2v) is 4.13. The molecule has 0 saturated carbocycles. The van der Waals surface area contributed by atoms with E-state index >= 15 is 0 Å². The van der Waals surface area contributed by atoms with E-state index in [1.54, 1.807) is 13.3 Å². The number of anilines is 2. The van der Waals surface area contributed by atoms with Gasteiger partial charge in [0.25, 0.3) is 0 Å². The standard InChI is InChI=1S/C12H18N6O/c1-4-13-11-8(2)12(16-7-15-11)14-6-5-10-17-9(3)19-18-10/h7H,4-6H2,1-3H3,(H2,13,14,15,16). The quantitative estimate of drug-likeness (QED) is 0.816. The van der Waals surface area contributed by atoms with Crippen LogP contribution in [0.25, 0.3) is 0 Å². The van der Waals surface area contributed by atoms with E-state index in [1.807, 2.05) is 13.8 Å². The van der Waals surface area contributed by atoms with Crippen LogP contribution >= 0.6 is 0 Å². The van der Waals surface area contributed by atoms with Gasteiger partial charge in [0.05, 0.1) is 0 Å². The van der Waals surface area contributed by atoms with E-state index in [2.05, 4.69) is 30.7 Å². The first kappa shape index (κ1) is 13.3. The minimum Gasteiger partial charge on any atom is -0.370 e. The highest BCUT2D eigenvalue weighted by atomic mass is 16.5. The van der Waals surface area contributed by atoms with E-state index in [1.165, 1.54) is 0 Å². The fourth-order valence-corrected chi connectivity index (χ4v) is 1.71. The number of hydrogen-bond donors (Lipinski definition) is 2. The molecule has 0 fully saturated rings. The van der Waals surface area contributed by atoms with Gasteiger partial charge in [-0.15, -0.1) is 0 Å². The zero-order chi connectivity index (χ0) is 13.7. The summed E-state index contributed by atoms with van der Waals surface area (Å²) >= 11 is 0. The van der Waals surface area contributed by atoms with E-state index in [0.717, 1.165) is 23.7 Å². The number of nitrogens with zero attached hydrogens (tertiary/aromatic N) is 4. The van der Waals surface area contributed by atoms with E-state index in [0.29, 0.717) is 24.7 Å². The van der Waals surface area contributed by atoms with E-state index in [4.69, 9.17) is 4.52 Å². The fraction of sp³-hybridized carbons (Fsp3) is 0.500. The third kappa shape index (κ3) is 3.40. The molecule has 0 bridgehead atoms. The summed E-state index contributed by atoms with van der Waals surface area (Å²) < 4.78 is 4.92. The SMILES string of the molecule is CCNc1ncnc(NCCc2noc(C)n2)c1C. The minimum absolute atomic E-state index is 0.586. The van der Waals surface area contributed by atoms with Crippen LogP contribution in [0.2, 0.25) is 0 Å². The summed E-state index contributed by atoms with van der Waals surface area (Å²) in [6, 6.07) is 0. The topological polar surface area (TPSA) is 88.8 Å². The molecule has 19 heavy (non-hydrogen) atoms. The fourth-order valence-electron chi connectivity index (χ4n) is 1.71. The molecule has 0 atom stereocenters. The van der Waals surface area contributed by atoms with Crippen LogP contribution in [0.5, 0.6) is 0 Å². The monoisotopic (exact) mass is 262 g/mol. The van der Waals surface area contributed by atoms with Crippen LogP contribution in [0, 0.1) is 13.8 Å². The lowest BCUT2D eigenvalue weighted by Crippen LogP contribution is -2.11. The van der Waals surface area contributed by atoms with Gasteiger partial charge in [0, 0.05) is 32.0 Å². The zero-order valence-corrected chi connectivity index (χ0v) is 11.4. The Bertz CT molecular complexity index is 539. The molecule has 0 amide bonds. The normalized spacial score (nSPS) is 10.5. The zero-order valence-electron chi connectivity index (χ0n) is 11.4. The summed E-state index contributed by atoms with van der Waals surface area (Å²) in [6.07, 6.45) is 2.24. The minimum atomic E-state index is 0.586. The van der Waals surface area contributed by atoms with Crippen molar-refractivity contribution in [3.63, 3.8) is 0 Å². The molecular weight excluding hydrogens is 244 g/mol. The van der Waals surface area contributed by atoms with E-state index < -0.39 is 0 Å². The summed E-state index contributed by atoms with van der Waals surface area (Å²) in [7, 11) is 0. The van der Waals surface area contributed by atoms with Crippen LogP contribution in [0.1, 0.15) is 24.2 Å². The maximum Gasteiger partial charge on any atom is 0.223 e. The lowest BCUT2D eigenvalue weighted by molar-refractivity contribution is 0.387. The Morgan fingerprint density at radius 3 is 2.53 bits per heavy atom. The first-order valence-corrected chi connectivity index (χ1v) is 6.29. The van der Waals surface area contributed by atoms with Gasteiger partial charge in [-0.25, -0.2) is 9.97 Å². The summed E-state index contributed by atoms with van der Waals surface area (Å²) in [5.41, 5.74) is 1.01. The van der Waals surface area contributed by atoms with Crippen LogP contribution < -0.4 is 10.6 Å². The van der Waals surface area contributed by atoms with Crippen molar-refractivity contribution in [1.29, 1.82) is 0 Å². The van der Waals surface area contributed by atoms with Crippen LogP contribution in [-0.4, -0.2) is 33.2 Å². The van der Waals surface area contributed by atoms with Crippen molar-refractivity contribution in [1.82, 2.24) is 20.1 Å². The molecule has 7 nitrogen and oxygen atoms in total. The van der Waals surface area contributed by atoms with Crippen molar-refractivity contribution in [2.45, 2.75) is 27.2 Å². The van der Waals surface area contributed by atoms with Gasteiger partial charge < -0.3 is 15.2 Å². The summed E-state index contributed by atoms with van der Waals surface area (Å²) in [5, 5.41) is 10.3. The van der Waals surface area contributed by atoms with E-state index in [-0.39, 0.29) is 0 Å². The Balaban J connectivity index is 1.94. The molecule has 0 aliphatic rings. The Morgan fingerprint density at radius 1 is 1.16 bits per heavy atom. The van der Waals surface area contributed by atoms with Crippen molar-refractivity contribution in [3.8, 4) is 0 Å². The first-order chi connectivity index (χ1) is 9.20. The Kier molecular flexibility index (Phi) is 4.27. The smallest absolute Gasteiger partial charge is 0.223 e. The summed E-state index contributed by atoms with van der Waals surface area (Å²) in [4.78, 5) is 12.6. The van der Waals surface area contributed by atoms with Crippen molar-refractivity contribution < 1.29 is 4.52 Å². The predicted octanol–water partition coefficient (Wildman–Crippen LogP) is 1.56. The number of rotatable bonds is 6. The van der Waals surface area contributed by atoms with Crippen LogP contribution in [0.15, 0.2) is 10.9 Å². The molecule has 2 N–H and O–H groups in total. The molecule has 0 saturated heterocycles. The van der Waals surface area contributed by atoms with Gasteiger partial charge in [-0.1, -0.05) is 5.16 Å². The predicted molar refractivity (Wildman–Crippen MR) is 72.2 cm³/mol. The molecule has 0 spiro atoms. The van der Waals surface area contributed by atoms with Gasteiger partial charge in [-0.05, 0) is 13.8 Å². The van der Waals surface area contributed by atoms with Crippen LogP contribution in [-0.2, 0) is 6.42 Å². The highest BCUT2D eigenvalue weighted by Crippen LogP contribution is 2.17. The third-order valence-corrected chi connectivity index (χ3v) is 2.64. The molecule has 2 aromatic heterocycles. The molecule has 0 unspecified atom stereocenters. The lowest BCUT2D eigenvalue weighted by atomic mass is 10.3. The van der Waals surface area contributed by atoms with Crippen molar-refractivity contribution in [2.75, 3.05) is 23.7 Å². The molecule has 0 radical (unpaired) electrons. The third-order valence-electron chi connectivity index (χ3n) is 2.64. The van der Waals surface area contributed by atoms with Gasteiger partial charge >= 0.3 is 0 Å². The van der Waals surface area contributed by atoms with Gasteiger partial charge in [0.1, 0.15) is 18.0 Å². The Labute approximate surface area is 111 Å². The molecule has 2 rings (SSSR count). The second kappa shape index (κ2) is 6.12. The molecule has 102 valence electrons. The second-order valence-electron chi connectivity index (χ2n) is 4.13. The average Bonchev–Trinajstić information content (AvgIpc) is 2.80. The van der Waals surface area contributed by atoms with Crippen molar-refractivity contribution in [3.05, 3.63) is 23.6 Å². The van der Waals surface area contributed by atoms with Gasteiger partial charge in [0.15, 0.2) is 5.82 Å². The van der Waals surface area contributed by atoms with Gasteiger partial charge in [0.2, 0.25) is 5.89 Å². The maximum absolute atomic E-state index is 4.92. The number of aromatic nitrogens is 4. The Morgan fingerprint density at radius 2 is 1.89 bits per heavy atom. The number of aryl methyl sites for hydroxylation is 1. The molecule has 2 aromatic rings. The van der Waals surface area contributed by atoms with Crippen molar-refractivity contribution >= 4 is 11.6 Å². The average molecular weight is 262 g/mol. The molecule has 0 aromatic carbocycles. The van der Waals surface area contributed by atoms with Gasteiger partial charge in [-0.3, -0.25) is 0 Å². The molecule has 7 heteroatoms. The lowest BCUT2D eigenvalue weighted by Gasteiger charge is -2.11. The first-order valence-electron chi connectivity index (χ1n) is 6.29. The largest absolute Gasteiger partial charge is 0.370 e. The molecule has 2 heterocycles. The van der Waals surface area contributed by atoms with Gasteiger partial charge in [-0.2, -0.15) is 4.98 Å². The van der Waals surface area contributed by atoms with Crippen molar-refractivity contribution in [2.24, 2.45) is 0 Å². The summed E-state index contributed by atoms with van der Waals surface area (Å²) in [6.45, 7) is 7.33. The maximum atomic E-state index is 4.92. The molecular formula is C12H18N6O. The summed E-state index contributed by atoms with van der Waals surface area (Å²) in [5.74, 6) is 2.97. The van der Waals surface area contributed by atoms with Crippen LogP contribution in [0.4, 0.5) is 11.6 Å². The van der Waals surface area contributed by atoms with E-state index in [9.17, 15) is 0 Å². The molecule has 0 aliphatic carbocycles. The number of nitrogens with one attached hydrogen (secondary N) is 2.